The average Bonchev–Trinajstić information content (AvgIpc) is 2.49. The minimum Gasteiger partial charge on any atom is -0.504 e. The molecule has 20 heavy (non-hydrogen) atoms. The van der Waals surface area contributed by atoms with Gasteiger partial charge in [0.25, 0.3) is 0 Å². The second-order valence-corrected chi connectivity index (χ2v) is 5.62. The number of benzene rings is 1. The Labute approximate surface area is 120 Å². The average molecular weight is 279 g/mol. The van der Waals surface area contributed by atoms with Gasteiger partial charge in [0.2, 0.25) is 0 Å². The molecule has 0 radical (unpaired) electrons. The third-order valence-electron chi connectivity index (χ3n) is 4.28. The maximum Gasteiger partial charge on any atom is 0.160 e. The molecular formula is C16H25NO3. The summed E-state index contributed by atoms with van der Waals surface area (Å²) < 4.78 is 5.11. The van der Waals surface area contributed by atoms with Crippen LogP contribution in [0.3, 0.4) is 0 Å². The fourth-order valence-corrected chi connectivity index (χ4v) is 3.03. The molecule has 0 bridgehead atoms. The monoisotopic (exact) mass is 279 g/mol. The minimum absolute atomic E-state index is 0.170. The zero-order chi connectivity index (χ0) is 14.4. The Balaban J connectivity index is 1.83. The van der Waals surface area contributed by atoms with Crippen LogP contribution in [-0.2, 0) is 6.54 Å². The van der Waals surface area contributed by atoms with E-state index in [1.54, 1.807) is 13.2 Å². The van der Waals surface area contributed by atoms with Crippen molar-refractivity contribution in [2.24, 2.45) is 11.8 Å². The molecule has 0 spiro atoms. The summed E-state index contributed by atoms with van der Waals surface area (Å²) in [6, 6.07) is 5.41. The topological polar surface area (TPSA) is 61.7 Å². The summed E-state index contributed by atoms with van der Waals surface area (Å²) in [6.45, 7) is 2.00. The van der Waals surface area contributed by atoms with Gasteiger partial charge in [0.1, 0.15) is 0 Å². The molecule has 0 saturated heterocycles. The van der Waals surface area contributed by atoms with E-state index in [0.717, 1.165) is 25.1 Å². The van der Waals surface area contributed by atoms with Crippen LogP contribution in [0.4, 0.5) is 0 Å². The number of rotatable bonds is 6. The molecule has 1 saturated carbocycles. The van der Waals surface area contributed by atoms with Crippen LogP contribution in [0.5, 0.6) is 11.5 Å². The predicted octanol–water partition coefficient (Wildman–Crippen LogP) is 2.29. The lowest BCUT2D eigenvalue weighted by Gasteiger charge is -2.30. The van der Waals surface area contributed by atoms with E-state index >= 15 is 0 Å². The van der Waals surface area contributed by atoms with Crippen molar-refractivity contribution in [1.82, 2.24) is 5.32 Å². The first-order valence-electron chi connectivity index (χ1n) is 7.42. The molecule has 2 unspecified atom stereocenters. The normalized spacial score (nSPS) is 22.7. The summed E-state index contributed by atoms with van der Waals surface area (Å²) in [4.78, 5) is 0. The van der Waals surface area contributed by atoms with Gasteiger partial charge in [0, 0.05) is 13.2 Å². The quantitative estimate of drug-likeness (QED) is 0.747. The molecule has 2 rings (SSSR count). The number of hydrogen-bond acceptors (Lipinski definition) is 4. The van der Waals surface area contributed by atoms with Crippen LogP contribution in [0.25, 0.3) is 0 Å². The lowest BCUT2D eigenvalue weighted by atomic mass is 9.79. The van der Waals surface area contributed by atoms with Crippen LogP contribution in [0.15, 0.2) is 18.2 Å². The number of methoxy groups -OCH3 is 1. The fraction of sp³-hybridized carbons (Fsp3) is 0.625. The van der Waals surface area contributed by atoms with Gasteiger partial charge in [-0.3, -0.25) is 0 Å². The van der Waals surface area contributed by atoms with Gasteiger partial charge >= 0.3 is 0 Å². The Morgan fingerprint density at radius 3 is 2.70 bits per heavy atom. The van der Waals surface area contributed by atoms with Gasteiger partial charge < -0.3 is 20.3 Å². The molecule has 0 aromatic heterocycles. The summed E-state index contributed by atoms with van der Waals surface area (Å²) in [7, 11) is 1.56. The molecule has 0 heterocycles. The highest BCUT2D eigenvalue weighted by molar-refractivity contribution is 5.41. The second-order valence-electron chi connectivity index (χ2n) is 5.62. The lowest BCUT2D eigenvalue weighted by molar-refractivity contribution is 0.133. The largest absolute Gasteiger partial charge is 0.504 e. The first-order valence-corrected chi connectivity index (χ1v) is 7.42. The van der Waals surface area contributed by atoms with E-state index in [9.17, 15) is 10.2 Å². The fourth-order valence-electron chi connectivity index (χ4n) is 3.03. The minimum atomic E-state index is 0.170. The molecule has 112 valence electrons. The summed E-state index contributed by atoms with van der Waals surface area (Å²) in [5, 5.41) is 22.4. The zero-order valence-corrected chi connectivity index (χ0v) is 12.1. The molecule has 1 aliphatic carbocycles. The van der Waals surface area contributed by atoms with Gasteiger partial charge in [-0.15, -0.1) is 0 Å². The Bertz CT molecular complexity index is 422. The van der Waals surface area contributed by atoms with Crippen LogP contribution in [0, 0.1) is 11.8 Å². The van der Waals surface area contributed by atoms with Crippen molar-refractivity contribution in [3.05, 3.63) is 23.8 Å². The van der Waals surface area contributed by atoms with Gasteiger partial charge in [-0.25, -0.2) is 0 Å². The molecule has 3 N–H and O–H groups in total. The second kappa shape index (κ2) is 7.50. The molecule has 0 amide bonds. The summed E-state index contributed by atoms with van der Waals surface area (Å²) >= 11 is 0. The van der Waals surface area contributed by atoms with Crippen molar-refractivity contribution < 1.29 is 14.9 Å². The van der Waals surface area contributed by atoms with E-state index in [-0.39, 0.29) is 5.75 Å². The van der Waals surface area contributed by atoms with Gasteiger partial charge in [-0.1, -0.05) is 18.9 Å². The molecule has 1 aliphatic rings. The molecule has 2 atom stereocenters. The van der Waals surface area contributed by atoms with E-state index in [4.69, 9.17) is 4.74 Å². The maximum atomic E-state index is 9.56. The van der Waals surface area contributed by atoms with Gasteiger partial charge in [0.05, 0.1) is 7.11 Å². The van der Waals surface area contributed by atoms with Gasteiger partial charge in [-0.2, -0.15) is 0 Å². The number of aliphatic hydroxyl groups is 1. The van der Waals surface area contributed by atoms with Crippen molar-refractivity contribution in [3.8, 4) is 11.5 Å². The smallest absolute Gasteiger partial charge is 0.160 e. The first-order chi connectivity index (χ1) is 9.74. The molecule has 4 nitrogen and oxygen atoms in total. The number of aliphatic hydroxyl groups excluding tert-OH is 1. The third-order valence-corrected chi connectivity index (χ3v) is 4.28. The van der Waals surface area contributed by atoms with Crippen molar-refractivity contribution >= 4 is 0 Å². The van der Waals surface area contributed by atoms with Crippen LogP contribution in [0.2, 0.25) is 0 Å². The maximum absolute atomic E-state index is 9.56. The molecule has 0 aliphatic heterocycles. The van der Waals surface area contributed by atoms with Gasteiger partial charge in [-0.05, 0) is 48.9 Å². The number of aromatic hydroxyl groups is 1. The van der Waals surface area contributed by atoms with E-state index in [0.29, 0.717) is 24.2 Å². The molecule has 1 aromatic rings. The highest BCUT2D eigenvalue weighted by atomic mass is 16.5. The number of nitrogens with one attached hydrogen (secondary N) is 1. The summed E-state index contributed by atoms with van der Waals surface area (Å²) in [5.74, 6) is 1.71. The van der Waals surface area contributed by atoms with E-state index in [1.165, 1.54) is 19.3 Å². The van der Waals surface area contributed by atoms with Crippen molar-refractivity contribution in [2.45, 2.75) is 32.2 Å². The van der Waals surface area contributed by atoms with E-state index in [2.05, 4.69) is 5.32 Å². The summed E-state index contributed by atoms with van der Waals surface area (Å²) in [6.07, 6.45) is 4.87. The predicted molar refractivity (Wildman–Crippen MR) is 78.9 cm³/mol. The Morgan fingerprint density at radius 1 is 1.25 bits per heavy atom. The zero-order valence-electron chi connectivity index (χ0n) is 12.1. The van der Waals surface area contributed by atoms with Crippen LogP contribution < -0.4 is 10.1 Å². The highest BCUT2D eigenvalue weighted by Crippen LogP contribution is 2.29. The standard InChI is InChI=1S/C16H25NO3/c1-20-16-8-12(6-7-15(16)19)9-17-10-13-4-2-3-5-14(13)11-18/h6-8,13-14,17-19H,2-5,9-11H2,1H3. The van der Waals surface area contributed by atoms with Crippen LogP contribution in [0.1, 0.15) is 31.2 Å². The number of ether oxygens (including phenoxy) is 1. The van der Waals surface area contributed by atoms with Crippen LogP contribution in [-0.4, -0.2) is 30.5 Å². The molecular weight excluding hydrogens is 254 g/mol. The van der Waals surface area contributed by atoms with E-state index < -0.39 is 0 Å². The Hall–Kier alpha value is -1.26. The first kappa shape index (κ1) is 15.1. The SMILES string of the molecule is COc1cc(CNCC2CCCCC2CO)ccc1O. The van der Waals surface area contributed by atoms with Crippen molar-refractivity contribution in [3.63, 3.8) is 0 Å². The third kappa shape index (κ3) is 3.87. The Morgan fingerprint density at radius 2 is 2.00 bits per heavy atom. The lowest BCUT2D eigenvalue weighted by Crippen LogP contribution is -2.32. The summed E-state index contributed by atoms with van der Waals surface area (Å²) in [5.41, 5.74) is 1.09. The molecule has 4 heteroatoms. The van der Waals surface area contributed by atoms with Crippen LogP contribution >= 0.6 is 0 Å². The number of phenolic OH excluding ortho intramolecular Hbond substituents is 1. The van der Waals surface area contributed by atoms with Crippen molar-refractivity contribution in [2.75, 3.05) is 20.3 Å². The Kier molecular flexibility index (Phi) is 5.68. The number of phenols is 1. The van der Waals surface area contributed by atoms with Gasteiger partial charge in [0.15, 0.2) is 11.5 Å². The highest BCUT2D eigenvalue weighted by Gasteiger charge is 2.23. The van der Waals surface area contributed by atoms with E-state index in [1.807, 2.05) is 12.1 Å². The molecule has 1 aromatic carbocycles. The molecule has 1 fully saturated rings. The van der Waals surface area contributed by atoms with Crippen molar-refractivity contribution in [1.29, 1.82) is 0 Å². The number of hydrogen-bond donors (Lipinski definition) is 3.